The van der Waals surface area contributed by atoms with Gasteiger partial charge in [0.25, 0.3) is 0 Å². The van der Waals surface area contributed by atoms with E-state index in [-0.39, 0.29) is 5.41 Å². The predicted octanol–water partition coefficient (Wildman–Crippen LogP) is 3.98. The van der Waals surface area contributed by atoms with Gasteiger partial charge in [0.05, 0.1) is 0 Å². The van der Waals surface area contributed by atoms with Crippen molar-refractivity contribution in [2.75, 3.05) is 0 Å². The van der Waals surface area contributed by atoms with Crippen LogP contribution in [0.2, 0.25) is 0 Å². The molecule has 1 aromatic carbocycles. The molecule has 106 valence electrons. The first-order valence-corrected chi connectivity index (χ1v) is 6.67. The van der Waals surface area contributed by atoms with E-state index in [1.54, 1.807) is 12.1 Å². The van der Waals surface area contributed by atoms with Crippen molar-refractivity contribution in [3.8, 4) is 5.75 Å². The third-order valence-corrected chi connectivity index (χ3v) is 4.51. The van der Waals surface area contributed by atoms with Gasteiger partial charge in [-0.25, -0.2) is 4.79 Å². The van der Waals surface area contributed by atoms with Gasteiger partial charge in [0, 0.05) is 5.41 Å². The number of aliphatic carboxylic acids is 1. The van der Waals surface area contributed by atoms with E-state index in [1.165, 1.54) is 0 Å². The molecule has 0 fully saturated rings. The number of para-hydroxylation sites is 1. The van der Waals surface area contributed by atoms with Crippen LogP contribution in [-0.4, -0.2) is 17.2 Å². The molecule has 1 rings (SSSR count). The molecule has 3 nitrogen and oxygen atoms in total. The topological polar surface area (TPSA) is 46.5 Å². The Morgan fingerprint density at radius 2 is 1.74 bits per heavy atom. The maximum atomic E-state index is 11.6. The molecule has 1 unspecified atom stereocenters. The van der Waals surface area contributed by atoms with Gasteiger partial charge in [0.2, 0.25) is 6.10 Å². The molecule has 0 heterocycles. The van der Waals surface area contributed by atoms with E-state index in [0.717, 1.165) is 6.42 Å². The third kappa shape index (κ3) is 3.28. The van der Waals surface area contributed by atoms with Crippen LogP contribution in [-0.2, 0) is 4.79 Å². The van der Waals surface area contributed by atoms with Crippen LogP contribution in [0.3, 0.4) is 0 Å². The minimum atomic E-state index is -0.921. The Bertz CT molecular complexity index is 421. The van der Waals surface area contributed by atoms with E-state index < -0.39 is 17.5 Å². The van der Waals surface area contributed by atoms with Gasteiger partial charge in [-0.15, -0.1) is 0 Å². The van der Waals surface area contributed by atoms with Crippen LogP contribution in [0.25, 0.3) is 0 Å². The molecule has 0 bridgehead atoms. The average molecular weight is 264 g/mol. The lowest BCUT2D eigenvalue weighted by atomic mass is 9.63. The summed E-state index contributed by atoms with van der Waals surface area (Å²) in [4.78, 5) is 11.6. The molecule has 0 saturated heterocycles. The van der Waals surface area contributed by atoms with Crippen LogP contribution in [0, 0.1) is 10.8 Å². The Morgan fingerprint density at radius 3 is 2.16 bits per heavy atom. The summed E-state index contributed by atoms with van der Waals surface area (Å²) in [5.74, 6) is -0.328. The molecule has 0 aliphatic rings. The Hall–Kier alpha value is -1.51. The van der Waals surface area contributed by atoms with Crippen molar-refractivity contribution in [1.82, 2.24) is 0 Å². The molecule has 0 amide bonds. The van der Waals surface area contributed by atoms with Crippen LogP contribution in [0.1, 0.15) is 41.0 Å². The second-order valence-electron chi connectivity index (χ2n) is 6.11. The lowest BCUT2D eigenvalue weighted by Crippen LogP contribution is -2.49. The van der Waals surface area contributed by atoms with Gasteiger partial charge in [-0.2, -0.15) is 0 Å². The highest BCUT2D eigenvalue weighted by atomic mass is 16.5. The summed E-state index contributed by atoms with van der Waals surface area (Å²) >= 11 is 0. The van der Waals surface area contributed by atoms with Crippen LogP contribution in [0.15, 0.2) is 30.3 Å². The second kappa shape index (κ2) is 5.64. The van der Waals surface area contributed by atoms with Crippen molar-refractivity contribution in [2.45, 2.75) is 47.1 Å². The number of hydrogen-bond donors (Lipinski definition) is 1. The monoisotopic (exact) mass is 264 g/mol. The molecule has 0 aliphatic heterocycles. The van der Waals surface area contributed by atoms with Gasteiger partial charge in [-0.05, 0) is 17.5 Å². The predicted molar refractivity (Wildman–Crippen MR) is 76.3 cm³/mol. The smallest absolute Gasteiger partial charge is 0.345 e. The Labute approximate surface area is 115 Å². The fourth-order valence-electron chi connectivity index (χ4n) is 1.95. The largest absolute Gasteiger partial charge is 0.478 e. The molecule has 0 aliphatic carbocycles. The van der Waals surface area contributed by atoms with E-state index in [2.05, 4.69) is 20.8 Å². The summed E-state index contributed by atoms with van der Waals surface area (Å²) < 4.78 is 5.73. The Morgan fingerprint density at radius 1 is 1.21 bits per heavy atom. The van der Waals surface area contributed by atoms with E-state index >= 15 is 0 Å². The molecular formula is C16H24O3. The number of carboxylic acid groups (broad SMARTS) is 1. The maximum Gasteiger partial charge on any atom is 0.345 e. The molecular weight excluding hydrogens is 240 g/mol. The summed E-state index contributed by atoms with van der Waals surface area (Å²) in [6.07, 6.45) is 0.0203. The number of carboxylic acids is 1. The first kappa shape index (κ1) is 15.5. The number of carbonyl (C=O) groups is 1. The minimum absolute atomic E-state index is 0.134. The van der Waals surface area contributed by atoms with Crippen molar-refractivity contribution in [1.29, 1.82) is 0 Å². The molecule has 0 saturated carbocycles. The Kier molecular flexibility index (Phi) is 4.61. The lowest BCUT2D eigenvalue weighted by Gasteiger charge is -2.44. The molecule has 0 spiro atoms. The first-order valence-electron chi connectivity index (χ1n) is 6.67. The summed E-state index contributed by atoms with van der Waals surface area (Å²) in [5, 5.41) is 9.50. The molecule has 19 heavy (non-hydrogen) atoms. The summed E-state index contributed by atoms with van der Waals surface area (Å²) in [6, 6.07) is 9.12. The van der Waals surface area contributed by atoms with E-state index in [1.807, 2.05) is 32.0 Å². The molecule has 1 atom stereocenters. The minimum Gasteiger partial charge on any atom is -0.478 e. The van der Waals surface area contributed by atoms with Gasteiger partial charge in [-0.3, -0.25) is 0 Å². The highest BCUT2D eigenvalue weighted by molar-refractivity contribution is 5.74. The zero-order chi connectivity index (χ0) is 14.7. The normalized spacial score (nSPS) is 13.9. The average Bonchev–Trinajstić information content (AvgIpc) is 2.36. The number of hydrogen-bond acceptors (Lipinski definition) is 2. The SMILES string of the molecule is CCC(C)(C)C(C)(C)C(Oc1ccccc1)C(=O)O. The maximum absolute atomic E-state index is 11.6. The zero-order valence-corrected chi connectivity index (χ0v) is 12.4. The number of ether oxygens (including phenoxy) is 1. The fourth-order valence-corrected chi connectivity index (χ4v) is 1.95. The molecule has 1 N–H and O–H groups in total. The van der Waals surface area contributed by atoms with Crippen molar-refractivity contribution in [2.24, 2.45) is 10.8 Å². The lowest BCUT2D eigenvalue weighted by molar-refractivity contribution is -0.156. The van der Waals surface area contributed by atoms with Gasteiger partial charge in [-0.1, -0.05) is 59.2 Å². The highest BCUT2D eigenvalue weighted by Gasteiger charge is 2.47. The number of rotatable bonds is 6. The van der Waals surface area contributed by atoms with Crippen LogP contribution in [0.5, 0.6) is 5.75 Å². The molecule has 3 heteroatoms. The van der Waals surface area contributed by atoms with Crippen molar-refractivity contribution in [3.63, 3.8) is 0 Å². The quantitative estimate of drug-likeness (QED) is 0.845. The van der Waals surface area contributed by atoms with Gasteiger partial charge >= 0.3 is 5.97 Å². The second-order valence-corrected chi connectivity index (χ2v) is 6.11. The van der Waals surface area contributed by atoms with Crippen LogP contribution in [0.4, 0.5) is 0 Å². The summed E-state index contributed by atoms with van der Waals surface area (Å²) in [7, 11) is 0. The standard InChI is InChI=1S/C16H24O3/c1-6-15(2,3)16(4,5)13(14(17)18)19-12-10-8-7-9-11-12/h7-11,13H,6H2,1-5H3,(H,17,18). The number of benzene rings is 1. The molecule has 0 aromatic heterocycles. The highest BCUT2D eigenvalue weighted by Crippen LogP contribution is 2.45. The van der Waals surface area contributed by atoms with E-state index in [0.29, 0.717) is 5.75 Å². The zero-order valence-electron chi connectivity index (χ0n) is 12.4. The molecule has 1 aromatic rings. The first-order chi connectivity index (χ1) is 8.72. The van der Waals surface area contributed by atoms with Crippen molar-refractivity contribution in [3.05, 3.63) is 30.3 Å². The van der Waals surface area contributed by atoms with Crippen LogP contribution < -0.4 is 4.74 Å². The van der Waals surface area contributed by atoms with Crippen molar-refractivity contribution < 1.29 is 14.6 Å². The summed E-state index contributed by atoms with van der Waals surface area (Å²) in [6.45, 7) is 10.1. The van der Waals surface area contributed by atoms with Gasteiger partial charge < -0.3 is 9.84 Å². The third-order valence-electron chi connectivity index (χ3n) is 4.51. The van der Waals surface area contributed by atoms with Crippen molar-refractivity contribution >= 4 is 5.97 Å². The molecule has 0 radical (unpaired) electrons. The van der Waals surface area contributed by atoms with E-state index in [9.17, 15) is 9.90 Å². The Balaban J connectivity index is 3.05. The summed E-state index contributed by atoms with van der Waals surface area (Å²) in [5.41, 5.74) is -0.617. The fraction of sp³-hybridized carbons (Fsp3) is 0.562. The van der Waals surface area contributed by atoms with Crippen LogP contribution >= 0.6 is 0 Å². The van der Waals surface area contributed by atoms with Gasteiger partial charge in [0.1, 0.15) is 5.75 Å². The van der Waals surface area contributed by atoms with Gasteiger partial charge in [0.15, 0.2) is 0 Å². The van der Waals surface area contributed by atoms with E-state index in [4.69, 9.17) is 4.74 Å².